The van der Waals surface area contributed by atoms with E-state index in [9.17, 15) is 14.4 Å². The first-order valence-corrected chi connectivity index (χ1v) is 5.28. The van der Waals surface area contributed by atoms with Gasteiger partial charge in [0.25, 0.3) is 0 Å². The number of primary amides is 1. The van der Waals surface area contributed by atoms with Crippen molar-refractivity contribution >= 4 is 17.9 Å². The molecule has 0 aromatic rings. The number of urea groups is 1. The summed E-state index contributed by atoms with van der Waals surface area (Å²) in [6.07, 6.45) is 0.415. The molecule has 1 unspecified atom stereocenters. The van der Waals surface area contributed by atoms with Crippen molar-refractivity contribution in [1.29, 1.82) is 0 Å². The van der Waals surface area contributed by atoms with Gasteiger partial charge in [-0.25, -0.2) is 4.79 Å². The standard InChI is InChI=1S/C10H17N3O4/c1-10(8(15)16)3-4-13(6-10)9(17)12(2)5-7(11)14/h3-6H2,1-2H3,(H2,11,14)(H,15,16). The summed E-state index contributed by atoms with van der Waals surface area (Å²) in [6, 6.07) is -0.367. The highest BCUT2D eigenvalue weighted by atomic mass is 16.4. The molecule has 0 spiro atoms. The summed E-state index contributed by atoms with van der Waals surface area (Å²) in [5.41, 5.74) is 4.09. The van der Waals surface area contributed by atoms with Gasteiger partial charge in [0.2, 0.25) is 5.91 Å². The number of aliphatic carboxylic acids is 1. The first-order valence-electron chi connectivity index (χ1n) is 5.28. The third-order valence-electron chi connectivity index (χ3n) is 2.98. The van der Waals surface area contributed by atoms with Crippen molar-refractivity contribution < 1.29 is 19.5 Å². The fourth-order valence-corrected chi connectivity index (χ4v) is 1.84. The van der Waals surface area contributed by atoms with Gasteiger partial charge in [-0.05, 0) is 13.3 Å². The molecule has 0 aromatic carbocycles. The van der Waals surface area contributed by atoms with Crippen LogP contribution >= 0.6 is 0 Å². The number of amides is 3. The molecule has 0 saturated carbocycles. The Kier molecular flexibility index (Phi) is 3.59. The molecule has 1 aliphatic heterocycles. The Morgan fingerprint density at radius 2 is 2.06 bits per heavy atom. The number of likely N-dealkylation sites (tertiary alicyclic amines) is 1. The van der Waals surface area contributed by atoms with E-state index in [4.69, 9.17) is 10.8 Å². The van der Waals surface area contributed by atoms with Crippen molar-refractivity contribution in [2.75, 3.05) is 26.7 Å². The summed E-state index contributed by atoms with van der Waals surface area (Å²) in [5, 5.41) is 9.03. The van der Waals surface area contributed by atoms with Crippen molar-refractivity contribution in [1.82, 2.24) is 9.80 Å². The van der Waals surface area contributed by atoms with Gasteiger partial charge in [0.1, 0.15) is 6.54 Å². The number of carbonyl (C=O) groups excluding carboxylic acids is 2. The Hall–Kier alpha value is -1.79. The van der Waals surface area contributed by atoms with E-state index in [0.29, 0.717) is 13.0 Å². The Morgan fingerprint density at radius 3 is 2.47 bits per heavy atom. The molecule has 3 N–H and O–H groups in total. The molecule has 96 valence electrons. The Labute approximate surface area is 99.2 Å². The molecule has 0 radical (unpaired) electrons. The van der Waals surface area contributed by atoms with E-state index >= 15 is 0 Å². The molecular weight excluding hydrogens is 226 g/mol. The van der Waals surface area contributed by atoms with Crippen molar-refractivity contribution in [3.63, 3.8) is 0 Å². The number of carboxylic acids is 1. The predicted molar refractivity (Wildman–Crippen MR) is 59.2 cm³/mol. The Bertz CT molecular complexity index is 357. The molecule has 1 aliphatic rings. The third-order valence-corrected chi connectivity index (χ3v) is 2.98. The highest BCUT2D eigenvalue weighted by Crippen LogP contribution is 2.30. The van der Waals surface area contributed by atoms with Crippen molar-refractivity contribution in [2.45, 2.75) is 13.3 Å². The van der Waals surface area contributed by atoms with Gasteiger partial charge in [-0.1, -0.05) is 0 Å². The third kappa shape index (κ3) is 2.86. The zero-order valence-corrected chi connectivity index (χ0v) is 9.97. The maximum absolute atomic E-state index is 11.8. The maximum atomic E-state index is 11.8. The van der Waals surface area contributed by atoms with E-state index in [2.05, 4.69) is 0 Å². The minimum absolute atomic E-state index is 0.157. The van der Waals surface area contributed by atoms with Crippen molar-refractivity contribution in [2.24, 2.45) is 11.1 Å². The largest absolute Gasteiger partial charge is 0.481 e. The summed E-state index contributed by atoms with van der Waals surface area (Å²) < 4.78 is 0. The molecule has 7 heteroatoms. The van der Waals surface area contributed by atoms with Gasteiger partial charge in [-0.3, -0.25) is 9.59 Å². The Balaban J connectivity index is 2.62. The zero-order valence-electron chi connectivity index (χ0n) is 9.97. The number of likely N-dealkylation sites (N-methyl/N-ethyl adjacent to an activating group) is 1. The first-order chi connectivity index (χ1) is 7.76. The maximum Gasteiger partial charge on any atom is 0.320 e. The second kappa shape index (κ2) is 4.60. The van der Waals surface area contributed by atoms with Crippen LogP contribution in [0.5, 0.6) is 0 Å². The van der Waals surface area contributed by atoms with Gasteiger partial charge in [0, 0.05) is 20.1 Å². The van der Waals surface area contributed by atoms with E-state index in [1.54, 1.807) is 6.92 Å². The fraction of sp³-hybridized carbons (Fsp3) is 0.700. The second-order valence-corrected chi connectivity index (χ2v) is 4.64. The number of hydrogen-bond acceptors (Lipinski definition) is 3. The van der Waals surface area contributed by atoms with Crippen LogP contribution < -0.4 is 5.73 Å². The van der Waals surface area contributed by atoms with Crippen LogP contribution in [0.3, 0.4) is 0 Å². The highest BCUT2D eigenvalue weighted by Gasteiger charge is 2.42. The molecule has 0 bridgehead atoms. The summed E-state index contributed by atoms with van der Waals surface area (Å²) in [6.45, 7) is 1.98. The normalized spacial score (nSPS) is 23.5. The number of carbonyl (C=O) groups is 3. The topological polar surface area (TPSA) is 104 Å². The molecule has 17 heavy (non-hydrogen) atoms. The molecule has 0 aliphatic carbocycles. The van der Waals surface area contributed by atoms with Gasteiger partial charge in [0.05, 0.1) is 5.41 Å². The number of nitrogens with zero attached hydrogens (tertiary/aromatic N) is 2. The van der Waals surface area contributed by atoms with E-state index in [1.165, 1.54) is 16.8 Å². The highest BCUT2D eigenvalue weighted by molar-refractivity contribution is 5.84. The van der Waals surface area contributed by atoms with Gasteiger partial charge in [-0.15, -0.1) is 0 Å². The van der Waals surface area contributed by atoms with E-state index in [1.807, 2.05) is 0 Å². The molecule has 3 amide bonds. The molecule has 1 atom stereocenters. The average Bonchev–Trinajstić information content (AvgIpc) is 2.60. The molecule has 1 saturated heterocycles. The van der Waals surface area contributed by atoms with Gasteiger partial charge >= 0.3 is 12.0 Å². The summed E-state index contributed by atoms with van der Waals surface area (Å²) >= 11 is 0. The zero-order chi connectivity index (χ0) is 13.2. The van der Waals surface area contributed by atoms with Crippen LogP contribution in [0, 0.1) is 5.41 Å². The summed E-state index contributed by atoms with van der Waals surface area (Å²) in [4.78, 5) is 36.2. The summed E-state index contributed by atoms with van der Waals surface area (Å²) in [7, 11) is 1.46. The van der Waals surface area contributed by atoms with Crippen molar-refractivity contribution in [3.05, 3.63) is 0 Å². The van der Waals surface area contributed by atoms with Crippen LogP contribution in [-0.4, -0.2) is 59.5 Å². The van der Waals surface area contributed by atoms with Crippen LogP contribution in [0.15, 0.2) is 0 Å². The van der Waals surface area contributed by atoms with Gasteiger partial charge in [-0.2, -0.15) is 0 Å². The molecule has 1 fully saturated rings. The van der Waals surface area contributed by atoms with Crippen LogP contribution in [-0.2, 0) is 9.59 Å². The average molecular weight is 243 g/mol. The quantitative estimate of drug-likeness (QED) is 0.685. The number of hydrogen-bond donors (Lipinski definition) is 2. The van der Waals surface area contributed by atoms with Gasteiger partial charge < -0.3 is 20.6 Å². The monoisotopic (exact) mass is 243 g/mol. The summed E-state index contributed by atoms with van der Waals surface area (Å²) in [5.74, 6) is -1.51. The minimum Gasteiger partial charge on any atom is -0.481 e. The molecule has 1 rings (SSSR count). The van der Waals surface area contributed by atoms with Crippen LogP contribution in [0.25, 0.3) is 0 Å². The predicted octanol–water partition coefficient (Wildman–Crippen LogP) is -0.680. The number of rotatable bonds is 3. The lowest BCUT2D eigenvalue weighted by atomic mass is 9.90. The Morgan fingerprint density at radius 1 is 1.47 bits per heavy atom. The lowest BCUT2D eigenvalue weighted by Crippen LogP contribution is -2.44. The van der Waals surface area contributed by atoms with Crippen LogP contribution in [0.1, 0.15) is 13.3 Å². The lowest BCUT2D eigenvalue weighted by molar-refractivity contribution is -0.147. The second-order valence-electron chi connectivity index (χ2n) is 4.64. The lowest BCUT2D eigenvalue weighted by Gasteiger charge is -2.25. The molecule has 7 nitrogen and oxygen atoms in total. The number of carboxylic acid groups (broad SMARTS) is 1. The molecular formula is C10H17N3O4. The van der Waals surface area contributed by atoms with Crippen LogP contribution in [0.2, 0.25) is 0 Å². The SMILES string of the molecule is CN(CC(N)=O)C(=O)N1CCC(C)(C(=O)O)C1. The van der Waals surface area contributed by atoms with E-state index in [0.717, 1.165) is 0 Å². The fourth-order valence-electron chi connectivity index (χ4n) is 1.84. The van der Waals surface area contributed by atoms with Gasteiger partial charge in [0.15, 0.2) is 0 Å². The van der Waals surface area contributed by atoms with E-state index < -0.39 is 17.3 Å². The number of nitrogens with two attached hydrogens (primary N) is 1. The van der Waals surface area contributed by atoms with Crippen molar-refractivity contribution in [3.8, 4) is 0 Å². The molecule has 1 heterocycles. The van der Waals surface area contributed by atoms with Crippen LogP contribution in [0.4, 0.5) is 4.79 Å². The van der Waals surface area contributed by atoms with E-state index in [-0.39, 0.29) is 19.1 Å². The minimum atomic E-state index is -0.912. The first kappa shape index (κ1) is 13.3. The smallest absolute Gasteiger partial charge is 0.320 e. The molecule has 0 aromatic heterocycles.